The van der Waals surface area contributed by atoms with Crippen LogP contribution < -0.4 is 0 Å². The van der Waals surface area contributed by atoms with Crippen LogP contribution in [0.25, 0.3) is 11.5 Å². The molecule has 1 aromatic heterocycles. The Kier molecular flexibility index (Phi) is 2.47. The van der Waals surface area contributed by atoms with E-state index >= 15 is 0 Å². The molecule has 0 fully saturated rings. The average Bonchev–Trinajstić information content (AvgIpc) is 2.57. The van der Waals surface area contributed by atoms with E-state index in [0.29, 0.717) is 10.0 Å². The zero-order chi connectivity index (χ0) is 10.1. The third kappa shape index (κ3) is 1.76. The van der Waals surface area contributed by atoms with Crippen LogP contribution in [0.4, 0.5) is 4.39 Å². The van der Waals surface area contributed by atoms with Crippen LogP contribution >= 0.6 is 28.1 Å². The van der Waals surface area contributed by atoms with E-state index in [4.69, 9.17) is 16.6 Å². The molecule has 0 radical (unpaired) electrons. The number of halogens is 2. The topological polar surface area (TPSA) is 41.8 Å². The van der Waals surface area contributed by atoms with Gasteiger partial charge in [-0.15, -0.1) is 5.10 Å². The number of hydrogen-bond acceptors (Lipinski definition) is 3. The molecule has 2 rings (SSSR count). The normalized spacial score (nSPS) is 10.4. The second kappa shape index (κ2) is 3.62. The van der Waals surface area contributed by atoms with Crippen molar-refractivity contribution in [3.05, 3.63) is 33.3 Å². The van der Waals surface area contributed by atoms with Gasteiger partial charge in [0.05, 0.1) is 4.47 Å². The van der Waals surface area contributed by atoms with Crippen molar-refractivity contribution >= 4 is 28.1 Å². The lowest BCUT2D eigenvalue weighted by Crippen LogP contribution is -1.81. The van der Waals surface area contributed by atoms with Crippen LogP contribution in [-0.2, 0) is 0 Å². The quantitative estimate of drug-likeness (QED) is 0.812. The van der Waals surface area contributed by atoms with Crippen molar-refractivity contribution in [1.82, 2.24) is 10.2 Å². The zero-order valence-electron chi connectivity index (χ0n) is 6.75. The Morgan fingerprint density at radius 1 is 1.50 bits per heavy atom. The van der Waals surface area contributed by atoms with E-state index in [1.165, 1.54) is 6.07 Å². The van der Waals surface area contributed by atoms with Gasteiger partial charge < -0.3 is 4.42 Å². The SMILES string of the molecule is Fc1cc(-c2n[nH]c(=S)o2)ccc1Br. The van der Waals surface area contributed by atoms with E-state index in [0.717, 1.165) is 0 Å². The summed E-state index contributed by atoms with van der Waals surface area (Å²) in [5.41, 5.74) is 0.540. The number of aromatic amines is 1. The molecule has 14 heavy (non-hydrogen) atoms. The van der Waals surface area contributed by atoms with Crippen LogP contribution in [0.5, 0.6) is 0 Å². The summed E-state index contributed by atoms with van der Waals surface area (Å²) in [6.07, 6.45) is 0. The Balaban J connectivity index is 2.52. The fraction of sp³-hybridized carbons (Fsp3) is 0. The minimum atomic E-state index is -0.369. The average molecular weight is 275 g/mol. The molecule has 0 spiro atoms. The minimum absolute atomic E-state index is 0.170. The number of aromatic nitrogens is 2. The lowest BCUT2D eigenvalue weighted by molar-refractivity contribution is 0.550. The smallest absolute Gasteiger partial charge is 0.284 e. The highest BCUT2D eigenvalue weighted by Gasteiger charge is 2.06. The number of H-pyrrole nitrogens is 1. The predicted octanol–water partition coefficient (Wildman–Crippen LogP) is 3.30. The molecule has 0 aliphatic heterocycles. The largest absolute Gasteiger partial charge is 0.409 e. The number of nitrogens with zero attached hydrogens (tertiary/aromatic N) is 1. The van der Waals surface area contributed by atoms with Gasteiger partial charge in [-0.1, -0.05) is 0 Å². The van der Waals surface area contributed by atoms with Crippen molar-refractivity contribution < 1.29 is 8.81 Å². The molecule has 0 saturated heterocycles. The third-order valence-electron chi connectivity index (χ3n) is 1.60. The van der Waals surface area contributed by atoms with Gasteiger partial charge in [0.25, 0.3) is 4.84 Å². The zero-order valence-corrected chi connectivity index (χ0v) is 9.15. The van der Waals surface area contributed by atoms with Gasteiger partial charge in [-0.3, -0.25) is 0 Å². The van der Waals surface area contributed by atoms with Crippen LogP contribution in [0.2, 0.25) is 0 Å². The van der Waals surface area contributed by atoms with Gasteiger partial charge in [0.2, 0.25) is 5.89 Å². The van der Waals surface area contributed by atoms with Crippen molar-refractivity contribution in [3.8, 4) is 11.5 Å². The maximum absolute atomic E-state index is 13.1. The monoisotopic (exact) mass is 274 g/mol. The second-order valence-corrected chi connectivity index (χ2v) is 3.77. The summed E-state index contributed by atoms with van der Waals surface area (Å²) in [5.74, 6) is -0.0898. The molecule has 0 aliphatic rings. The van der Waals surface area contributed by atoms with E-state index in [2.05, 4.69) is 26.1 Å². The molecule has 0 atom stereocenters. The van der Waals surface area contributed by atoms with Crippen molar-refractivity contribution in [2.75, 3.05) is 0 Å². The maximum Gasteiger partial charge on any atom is 0.284 e. The fourth-order valence-corrected chi connectivity index (χ4v) is 1.35. The minimum Gasteiger partial charge on any atom is -0.409 e. The molecule has 6 heteroatoms. The molecular weight excluding hydrogens is 271 g/mol. The Labute approximate surface area is 92.1 Å². The first-order chi connectivity index (χ1) is 6.66. The predicted molar refractivity (Wildman–Crippen MR) is 54.8 cm³/mol. The highest BCUT2D eigenvalue weighted by molar-refractivity contribution is 9.10. The van der Waals surface area contributed by atoms with Gasteiger partial charge >= 0.3 is 0 Å². The van der Waals surface area contributed by atoms with Crippen molar-refractivity contribution in [3.63, 3.8) is 0 Å². The molecule has 1 heterocycles. The first-order valence-electron chi connectivity index (χ1n) is 3.68. The van der Waals surface area contributed by atoms with Crippen LogP contribution in [0, 0.1) is 10.7 Å². The molecular formula is C8H4BrFN2OS. The summed E-state index contributed by atoms with van der Waals surface area (Å²) < 4.78 is 18.5. The van der Waals surface area contributed by atoms with Crippen LogP contribution in [0.1, 0.15) is 0 Å². The lowest BCUT2D eigenvalue weighted by Gasteiger charge is -1.96. The molecule has 72 valence electrons. The summed E-state index contributed by atoms with van der Waals surface area (Å²) in [6.45, 7) is 0. The van der Waals surface area contributed by atoms with Gasteiger partial charge in [-0.25, -0.2) is 9.49 Å². The Morgan fingerprint density at radius 3 is 2.86 bits per heavy atom. The molecule has 1 aromatic carbocycles. The van der Waals surface area contributed by atoms with Crippen LogP contribution in [0.3, 0.4) is 0 Å². The van der Waals surface area contributed by atoms with Gasteiger partial charge in [0.15, 0.2) is 0 Å². The van der Waals surface area contributed by atoms with Gasteiger partial charge in [0.1, 0.15) is 5.82 Å². The Hall–Kier alpha value is -1.01. The van der Waals surface area contributed by atoms with Gasteiger partial charge in [0, 0.05) is 5.56 Å². The first kappa shape index (κ1) is 9.54. The molecule has 0 aliphatic carbocycles. The van der Waals surface area contributed by atoms with E-state index in [1.54, 1.807) is 12.1 Å². The van der Waals surface area contributed by atoms with Crippen molar-refractivity contribution in [2.45, 2.75) is 0 Å². The van der Waals surface area contributed by atoms with E-state index in [9.17, 15) is 4.39 Å². The first-order valence-corrected chi connectivity index (χ1v) is 4.88. The van der Waals surface area contributed by atoms with Gasteiger partial charge in [-0.05, 0) is 46.3 Å². The molecule has 3 nitrogen and oxygen atoms in total. The molecule has 1 N–H and O–H groups in total. The van der Waals surface area contributed by atoms with Crippen molar-refractivity contribution in [2.24, 2.45) is 0 Å². The molecule has 0 bridgehead atoms. The lowest BCUT2D eigenvalue weighted by atomic mass is 10.2. The summed E-state index contributed by atoms with van der Waals surface area (Å²) in [5, 5.41) is 6.24. The standard InChI is InChI=1S/C8H4BrFN2OS/c9-5-2-1-4(3-6(5)10)7-11-12-8(14)13-7/h1-3H,(H,12,14). The van der Waals surface area contributed by atoms with E-state index in [-0.39, 0.29) is 16.5 Å². The van der Waals surface area contributed by atoms with E-state index < -0.39 is 0 Å². The highest BCUT2D eigenvalue weighted by Crippen LogP contribution is 2.22. The number of hydrogen-bond donors (Lipinski definition) is 1. The second-order valence-electron chi connectivity index (χ2n) is 2.55. The van der Waals surface area contributed by atoms with E-state index in [1.807, 2.05) is 0 Å². The summed E-state index contributed by atoms with van der Waals surface area (Å²) in [4.78, 5) is 0.170. The Bertz CT molecular complexity index is 522. The third-order valence-corrected chi connectivity index (χ3v) is 2.42. The number of benzene rings is 1. The van der Waals surface area contributed by atoms with Crippen LogP contribution in [-0.4, -0.2) is 10.2 Å². The maximum atomic E-state index is 13.1. The molecule has 0 saturated carbocycles. The number of nitrogens with one attached hydrogen (secondary N) is 1. The molecule has 2 aromatic rings. The summed E-state index contributed by atoms with van der Waals surface area (Å²) >= 11 is 7.76. The Morgan fingerprint density at radius 2 is 2.29 bits per heavy atom. The number of rotatable bonds is 1. The molecule has 0 unspecified atom stereocenters. The summed E-state index contributed by atoms with van der Waals surface area (Å²) in [6, 6.07) is 4.58. The fourth-order valence-electron chi connectivity index (χ4n) is 0.982. The molecule has 0 amide bonds. The van der Waals surface area contributed by atoms with Crippen LogP contribution in [0.15, 0.2) is 27.1 Å². The van der Waals surface area contributed by atoms with Gasteiger partial charge in [-0.2, -0.15) is 0 Å². The summed E-state index contributed by atoms with van der Waals surface area (Å²) in [7, 11) is 0. The highest BCUT2D eigenvalue weighted by atomic mass is 79.9. The van der Waals surface area contributed by atoms with Crippen molar-refractivity contribution in [1.29, 1.82) is 0 Å².